The van der Waals surface area contributed by atoms with Crippen molar-refractivity contribution < 1.29 is 17.5 Å². The SMILES string of the molecule is COc1ccc(Nc2ccc(S(N)(=O)=O)c(N)c2)cc1F. The van der Waals surface area contributed by atoms with Gasteiger partial charge in [0, 0.05) is 17.4 Å². The van der Waals surface area contributed by atoms with Gasteiger partial charge in [0.1, 0.15) is 4.90 Å². The van der Waals surface area contributed by atoms with Gasteiger partial charge in [-0.1, -0.05) is 0 Å². The minimum atomic E-state index is -3.87. The van der Waals surface area contributed by atoms with Crippen molar-refractivity contribution in [1.29, 1.82) is 0 Å². The van der Waals surface area contributed by atoms with Crippen LogP contribution in [0.5, 0.6) is 5.75 Å². The van der Waals surface area contributed by atoms with Crippen LogP contribution >= 0.6 is 0 Å². The van der Waals surface area contributed by atoms with Crippen LogP contribution in [0.4, 0.5) is 21.5 Å². The Bertz CT molecular complexity index is 778. The molecule has 0 aromatic heterocycles. The molecule has 0 atom stereocenters. The standard InChI is InChI=1S/C13H14FN3O3S/c1-20-12-4-2-8(6-10(12)14)17-9-3-5-13(11(15)7-9)21(16,18)19/h2-7,17H,15H2,1H3,(H2,16,18,19). The number of benzene rings is 2. The molecular formula is C13H14FN3O3S. The quantitative estimate of drug-likeness (QED) is 0.746. The minimum absolute atomic E-state index is 0.0106. The van der Waals surface area contributed by atoms with Crippen LogP contribution in [0.15, 0.2) is 41.3 Å². The second-order valence-corrected chi connectivity index (χ2v) is 5.80. The van der Waals surface area contributed by atoms with Gasteiger partial charge in [-0.15, -0.1) is 0 Å². The number of halogens is 1. The first-order valence-corrected chi connectivity index (χ1v) is 7.39. The maximum absolute atomic E-state index is 13.6. The summed E-state index contributed by atoms with van der Waals surface area (Å²) in [5, 5.41) is 7.92. The van der Waals surface area contributed by atoms with E-state index in [1.807, 2.05) is 0 Å². The van der Waals surface area contributed by atoms with E-state index in [9.17, 15) is 12.8 Å². The van der Waals surface area contributed by atoms with Crippen molar-refractivity contribution in [1.82, 2.24) is 0 Å². The topological polar surface area (TPSA) is 107 Å². The zero-order valence-electron chi connectivity index (χ0n) is 11.1. The molecule has 5 N–H and O–H groups in total. The van der Waals surface area contributed by atoms with Crippen molar-refractivity contribution >= 4 is 27.1 Å². The molecule has 0 heterocycles. The second-order valence-electron chi connectivity index (χ2n) is 4.27. The Morgan fingerprint density at radius 3 is 2.29 bits per heavy atom. The van der Waals surface area contributed by atoms with E-state index in [0.29, 0.717) is 11.4 Å². The van der Waals surface area contributed by atoms with Crippen LogP contribution in [0, 0.1) is 5.82 Å². The first-order valence-electron chi connectivity index (χ1n) is 5.84. The van der Waals surface area contributed by atoms with Crippen LogP contribution in [0.2, 0.25) is 0 Å². The van der Waals surface area contributed by atoms with Gasteiger partial charge >= 0.3 is 0 Å². The van der Waals surface area contributed by atoms with Crippen LogP contribution in [0.25, 0.3) is 0 Å². The fraction of sp³-hybridized carbons (Fsp3) is 0.0769. The van der Waals surface area contributed by atoms with Gasteiger partial charge in [-0.3, -0.25) is 0 Å². The number of anilines is 3. The third kappa shape index (κ3) is 3.41. The lowest BCUT2D eigenvalue weighted by Gasteiger charge is -2.10. The van der Waals surface area contributed by atoms with Crippen LogP contribution in [-0.4, -0.2) is 15.5 Å². The van der Waals surface area contributed by atoms with Gasteiger partial charge in [0.25, 0.3) is 0 Å². The number of nitrogens with two attached hydrogens (primary N) is 2. The van der Waals surface area contributed by atoms with E-state index in [1.54, 1.807) is 6.07 Å². The Kier molecular flexibility index (Phi) is 4.01. The highest BCUT2D eigenvalue weighted by molar-refractivity contribution is 7.89. The van der Waals surface area contributed by atoms with Crippen LogP contribution < -0.4 is 20.9 Å². The molecule has 0 spiro atoms. The zero-order valence-corrected chi connectivity index (χ0v) is 11.9. The first-order chi connectivity index (χ1) is 9.81. The number of primary sulfonamides is 1. The maximum Gasteiger partial charge on any atom is 0.240 e. The van der Waals surface area contributed by atoms with Gasteiger partial charge in [-0.05, 0) is 30.3 Å². The summed E-state index contributed by atoms with van der Waals surface area (Å²) in [4.78, 5) is -0.158. The molecule has 0 fully saturated rings. The lowest BCUT2D eigenvalue weighted by Crippen LogP contribution is -2.14. The van der Waals surface area contributed by atoms with E-state index >= 15 is 0 Å². The van der Waals surface area contributed by atoms with Crippen molar-refractivity contribution in [2.45, 2.75) is 4.90 Å². The van der Waals surface area contributed by atoms with Gasteiger partial charge in [0.05, 0.1) is 12.8 Å². The third-order valence-electron chi connectivity index (χ3n) is 2.76. The van der Waals surface area contributed by atoms with Gasteiger partial charge in [-0.25, -0.2) is 17.9 Å². The van der Waals surface area contributed by atoms with E-state index in [0.717, 1.165) is 0 Å². The van der Waals surface area contributed by atoms with Crippen molar-refractivity contribution in [3.63, 3.8) is 0 Å². The molecule has 0 radical (unpaired) electrons. The molecule has 2 rings (SSSR count). The molecule has 0 bridgehead atoms. The van der Waals surface area contributed by atoms with Gasteiger partial charge in [-0.2, -0.15) is 0 Å². The summed E-state index contributed by atoms with van der Waals surface area (Å²) in [6.45, 7) is 0. The van der Waals surface area contributed by atoms with Crippen molar-refractivity contribution in [2.24, 2.45) is 5.14 Å². The minimum Gasteiger partial charge on any atom is -0.494 e. The molecule has 0 aliphatic carbocycles. The number of methoxy groups -OCH3 is 1. The van der Waals surface area contributed by atoms with Crippen molar-refractivity contribution in [2.75, 3.05) is 18.2 Å². The molecule has 0 unspecified atom stereocenters. The van der Waals surface area contributed by atoms with Crippen molar-refractivity contribution in [3.05, 3.63) is 42.2 Å². The Morgan fingerprint density at radius 2 is 1.76 bits per heavy atom. The van der Waals surface area contributed by atoms with E-state index in [1.165, 1.54) is 37.4 Å². The predicted octanol–water partition coefficient (Wildman–Crippen LogP) is 1.81. The number of hydrogen-bond donors (Lipinski definition) is 3. The number of sulfonamides is 1. The summed E-state index contributed by atoms with van der Waals surface area (Å²) >= 11 is 0. The van der Waals surface area contributed by atoms with E-state index < -0.39 is 15.8 Å². The Morgan fingerprint density at radius 1 is 1.14 bits per heavy atom. The Balaban J connectivity index is 2.29. The average molecular weight is 311 g/mol. The number of rotatable bonds is 4. The Hall–Kier alpha value is -2.32. The number of nitrogens with one attached hydrogen (secondary N) is 1. The fourth-order valence-corrected chi connectivity index (χ4v) is 2.44. The summed E-state index contributed by atoms with van der Waals surface area (Å²) in [6.07, 6.45) is 0. The average Bonchev–Trinajstić information content (AvgIpc) is 2.37. The highest BCUT2D eigenvalue weighted by Crippen LogP contribution is 2.26. The molecule has 0 aliphatic rings. The Labute approximate surface area is 121 Å². The molecule has 6 nitrogen and oxygen atoms in total. The number of nitrogen functional groups attached to an aromatic ring is 1. The molecule has 2 aromatic rings. The summed E-state index contributed by atoms with van der Waals surface area (Å²) < 4.78 is 40.9. The lowest BCUT2D eigenvalue weighted by molar-refractivity contribution is 0.386. The van der Waals surface area contributed by atoms with E-state index in [2.05, 4.69) is 5.32 Å². The molecular weight excluding hydrogens is 297 g/mol. The monoisotopic (exact) mass is 311 g/mol. The van der Waals surface area contributed by atoms with Crippen LogP contribution in [-0.2, 0) is 10.0 Å². The predicted molar refractivity (Wildman–Crippen MR) is 78.5 cm³/mol. The molecule has 8 heteroatoms. The fourth-order valence-electron chi connectivity index (χ4n) is 1.80. The van der Waals surface area contributed by atoms with Crippen LogP contribution in [0.3, 0.4) is 0 Å². The van der Waals surface area contributed by atoms with E-state index in [-0.39, 0.29) is 16.3 Å². The zero-order chi connectivity index (χ0) is 15.6. The smallest absolute Gasteiger partial charge is 0.240 e. The molecule has 0 aliphatic heterocycles. The normalized spacial score (nSPS) is 11.2. The summed E-state index contributed by atoms with van der Waals surface area (Å²) in [5.41, 5.74) is 6.63. The summed E-state index contributed by atoms with van der Waals surface area (Å²) in [6, 6.07) is 8.51. The third-order valence-corrected chi connectivity index (χ3v) is 3.74. The molecule has 112 valence electrons. The molecule has 21 heavy (non-hydrogen) atoms. The summed E-state index contributed by atoms with van der Waals surface area (Å²) in [5.74, 6) is -0.388. The van der Waals surface area contributed by atoms with Gasteiger partial charge in [0.2, 0.25) is 10.0 Å². The number of ether oxygens (including phenoxy) is 1. The summed E-state index contributed by atoms with van der Waals surface area (Å²) in [7, 11) is -2.49. The highest BCUT2D eigenvalue weighted by atomic mass is 32.2. The molecule has 2 aromatic carbocycles. The van der Waals surface area contributed by atoms with Gasteiger partial charge in [0.15, 0.2) is 11.6 Å². The van der Waals surface area contributed by atoms with Gasteiger partial charge < -0.3 is 15.8 Å². The second kappa shape index (κ2) is 5.58. The highest BCUT2D eigenvalue weighted by Gasteiger charge is 2.12. The lowest BCUT2D eigenvalue weighted by atomic mass is 10.2. The molecule has 0 saturated heterocycles. The number of hydrogen-bond acceptors (Lipinski definition) is 5. The largest absolute Gasteiger partial charge is 0.494 e. The van der Waals surface area contributed by atoms with Crippen LogP contribution in [0.1, 0.15) is 0 Å². The first kappa shape index (κ1) is 15.1. The maximum atomic E-state index is 13.6. The van der Waals surface area contributed by atoms with Crippen molar-refractivity contribution in [3.8, 4) is 5.75 Å². The molecule has 0 amide bonds. The molecule has 0 saturated carbocycles. The van der Waals surface area contributed by atoms with E-state index in [4.69, 9.17) is 15.6 Å².